The van der Waals surface area contributed by atoms with Gasteiger partial charge in [0, 0.05) is 19.5 Å². The van der Waals surface area contributed by atoms with Crippen LogP contribution in [-0.4, -0.2) is 44.3 Å². The Hall–Kier alpha value is -4.43. The zero-order chi connectivity index (χ0) is 30.0. The summed E-state index contributed by atoms with van der Waals surface area (Å²) in [6.07, 6.45) is 1.03. The van der Waals surface area contributed by atoms with Crippen molar-refractivity contribution in [1.82, 2.24) is 10.2 Å². The Morgan fingerprint density at radius 3 is 1.90 bits per heavy atom. The van der Waals surface area contributed by atoms with Crippen LogP contribution in [0.5, 0.6) is 0 Å². The summed E-state index contributed by atoms with van der Waals surface area (Å²) in [5.41, 5.74) is 2.85. The highest BCUT2D eigenvalue weighted by atomic mass is 32.2. The second kappa shape index (κ2) is 14.5. The molecule has 0 aliphatic carbocycles. The fraction of sp³-hybridized carbons (Fsp3) is 0.235. The molecule has 0 aliphatic rings. The van der Waals surface area contributed by atoms with Gasteiger partial charge in [0.05, 0.1) is 10.6 Å². The molecule has 0 heterocycles. The van der Waals surface area contributed by atoms with Crippen molar-refractivity contribution in [3.8, 4) is 0 Å². The molecule has 0 radical (unpaired) electrons. The highest BCUT2D eigenvalue weighted by Gasteiger charge is 2.34. The minimum atomic E-state index is -4.11. The Bertz CT molecular complexity index is 1560. The molecular weight excluding hydrogens is 546 g/mol. The molecule has 4 aromatic carbocycles. The summed E-state index contributed by atoms with van der Waals surface area (Å²) in [4.78, 5) is 29.6. The minimum absolute atomic E-state index is 0.0807. The first-order chi connectivity index (χ1) is 20.3. The zero-order valence-corrected chi connectivity index (χ0v) is 24.8. The third kappa shape index (κ3) is 7.64. The Labute approximate surface area is 248 Å². The van der Waals surface area contributed by atoms with E-state index in [0.717, 1.165) is 21.9 Å². The maximum Gasteiger partial charge on any atom is 0.264 e. The fourth-order valence-corrected chi connectivity index (χ4v) is 6.28. The molecule has 1 N–H and O–H groups in total. The van der Waals surface area contributed by atoms with Crippen LogP contribution in [0.3, 0.4) is 0 Å². The van der Waals surface area contributed by atoms with Crippen molar-refractivity contribution in [2.24, 2.45) is 0 Å². The number of carbonyl (C=O) groups excluding carboxylic acids is 2. The molecule has 0 saturated carbocycles. The first-order valence-corrected chi connectivity index (χ1v) is 15.5. The number of carbonyl (C=O) groups is 2. The summed E-state index contributed by atoms with van der Waals surface area (Å²) in [5.74, 6) is -0.757. The summed E-state index contributed by atoms with van der Waals surface area (Å²) < 4.78 is 29.2. The number of aryl methyl sites for hydroxylation is 1. The molecule has 0 aromatic heterocycles. The van der Waals surface area contributed by atoms with Gasteiger partial charge in [-0.25, -0.2) is 8.42 Å². The summed E-state index contributed by atoms with van der Waals surface area (Å²) in [6, 6.07) is 33.3. The normalized spacial score (nSPS) is 11.9. The van der Waals surface area contributed by atoms with Crippen molar-refractivity contribution in [2.45, 2.75) is 44.2 Å². The lowest BCUT2D eigenvalue weighted by molar-refractivity contribution is -0.140. The molecule has 0 aliphatic heterocycles. The number of rotatable bonds is 13. The van der Waals surface area contributed by atoms with Gasteiger partial charge in [0.25, 0.3) is 10.0 Å². The van der Waals surface area contributed by atoms with Crippen LogP contribution >= 0.6 is 0 Å². The zero-order valence-electron chi connectivity index (χ0n) is 24.0. The Morgan fingerprint density at radius 2 is 1.31 bits per heavy atom. The molecule has 1 atom stereocenters. The Balaban J connectivity index is 1.78. The van der Waals surface area contributed by atoms with E-state index in [4.69, 9.17) is 0 Å². The molecule has 4 aromatic rings. The van der Waals surface area contributed by atoms with Crippen LogP contribution in [0.1, 0.15) is 30.0 Å². The van der Waals surface area contributed by atoms with E-state index >= 15 is 0 Å². The maximum absolute atomic E-state index is 14.4. The van der Waals surface area contributed by atoms with E-state index in [-0.39, 0.29) is 23.8 Å². The van der Waals surface area contributed by atoms with Gasteiger partial charge in [0.2, 0.25) is 11.8 Å². The lowest BCUT2D eigenvalue weighted by Gasteiger charge is -2.34. The predicted octanol–water partition coefficient (Wildman–Crippen LogP) is 5.36. The summed E-state index contributed by atoms with van der Waals surface area (Å²) in [5, 5.41) is 2.96. The second-order valence-electron chi connectivity index (χ2n) is 10.1. The van der Waals surface area contributed by atoms with E-state index in [0.29, 0.717) is 17.8 Å². The van der Waals surface area contributed by atoms with Crippen molar-refractivity contribution in [1.29, 1.82) is 0 Å². The summed E-state index contributed by atoms with van der Waals surface area (Å²) in [7, 11) is -4.11. The Morgan fingerprint density at radius 1 is 0.762 bits per heavy atom. The van der Waals surface area contributed by atoms with Crippen LogP contribution in [0.25, 0.3) is 0 Å². The van der Waals surface area contributed by atoms with Gasteiger partial charge in [0.1, 0.15) is 12.6 Å². The number of hydrogen-bond acceptors (Lipinski definition) is 4. The van der Waals surface area contributed by atoms with Gasteiger partial charge >= 0.3 is 0 Å². The topological polar surface area (TPSA) is 86.8 Å². The van der Waals surface area contributed by atoms with Gasteiger partial charge in [-0.05, 0) is 48.2 Å². The molecule has 7 nitrogen and oxygen atoms in total. The first-order valence-electron chi connectivity index (χ1n) is 14.1. The van der Waals surface area contributed by atoms with Crippen LogP contribution in [-0.2, 0) is 32.6 Å². The number of sulfonamides is 1. The number of nitrogens with one attached hydrogen (secondary N) is 1. The van der Waals surface area contributed by atoms with Gasteiger partial charge in [-0.1, -0.05) is 104 Å². The van der Waals surface area contributed by atoms with Gasteiger partial charge < -0.3 is 10.2 Å². The van der Waals surface area contributed by atoms with E-state index in [1.54, 1.807) is 30.3 Å². The quantitative estimate of drug-likeness (QED) is 0.230. The van der Waals surface area contributed by atoms with Crippen molar-refractivity contribution in [3.63, 3.8) is 0 Å². The van der Waals surface area contributed by atoms with E-state index in [9.17, 15) is 18.0 Å². The number of anilines is 1. The second-order valence-corrected chi connectivity index (χ2v) is 12.0. The summed E-state index contributed by atoms with van der Waals surface area (Å²) in [6.45, 7) is 3.92. The molecular formula is C34H37N3O4S. The average Bonchev–Trinajstić information content (AvgIpc) is 3.02. The number of para-hydroxylation sites is 1. The van der Waals surface area contributed by atoms with Gasteiger partial charge in [0.15, 0.2) is 0 Å². The van der Waals surface area contributed by atoms with E-state index in [1.807, 2.05) is 86.6 Å². The lowest BCUT2D eigenvalue weighted by atomic mass is 10.0. The van der Waals surface area contributed by atoms with Gasteiger partial charge in [-0.3, -0.25) is 13.9 Å². The maximum atomic E-state index is 14.4. The standard InChI is InChI=1S/C34H37N3O4S/c1-3-23-35-34(39)32(24-28-16-7-4-8-17-28)36(25-29-18-9-5-10-19-29)33(38)26-37(31-22-14-13-15-27(31)2)42(40,41)30-20-11-6-12-21-30/h4-22,32H,3,23-26H2,1-2H3,(H,35,39). The van der Waals surface area contributed by atoms with E-state index < -0.39 is 28.5 Å². The number of nitrogens with zero attached hydrogens (tertiary/aromatic N) is 2. The van der Waals surface area contributed by atoms with Crippen LogP contribution in [0.4, 0.5) is 5.69 Å². The lowest BCUT2D eigenvalue weighted by Crippen LogP contribution is -2.53. The van der Waals surface area contributed by atoms with Crippen LogP contribution in [0.2, 0.25) is 0 Å². The molecule has 0 fully saturated rings. The molecule has 0 bridgehead atoms. The third-order valence-electron chi connectivity index (χ3n) is 7.01. The van der Waals surface area contributed by atoms with Crippen LogP contribution in [0, 0.1) is 6.92 Å². The highest BCUT2D eigenvalue weighted by molar-refractivity contribution is 7.92. The molecule has 1 unspecified atom stereocenters. The van der Waals surface area contributed by atoms with E-state index in [2.05, 4.69) is 5.32 Å². The third-order valence-corrected chi connectivity index (χ3v) is 8.78. The molecule has 4 rings (SSSR count). The van der Waals surface area contributed by atoms with Gasteiger partial charge in [-0.2, -0.15) is 0 Å². The number of amides is 2. The molecule has 42 heavy (non-hydrogen) atoms. The smallest absolute Gasteiger partial charge is 0.264 e. The molecule has 8 heteroatoms. The predicted molar refractivity (Wildman–Crippen MR) is 166 cm³/mol. The fourth-order valence-electron chi connectivity index (χ4n) is 4.78. The van der Waals surface area contributed by atoms with Crippen molar-refractivity contribution < 1.29 is 18.0 Å². The van der Waals surface area contributed by atoms with Crippen molar-refractivity contribution in [2.75, 3.05) is 17.4 Å². The SMILES string of the molecule is CCCNC(=O)C(Cc1ccccc1)N(Cc1ccccc1)C(=O)CN(c1ccccc1C)S(=O)(=O)c1ccccc1. The molecule has 0 spiro atoms. The minimum Gasteiger partial charge on any atom is -0.354 e. The van der Waals surface area contributed by atoms with E-state index in [1.165, 1.54) is 17.0 Å². The molecule has 2 amide bonds. The monoisotopic (exact) mass is 583 g/mol. The van der Waals surface area contributed by atoms with Gasteiger partial charge in [-0.15, -0.1) is 0 Å². The van der Waals surface area contributed by atoms with Crippen LogP contribution in [0.15, 0.2) is 120 Å². The summed E-state index contributed by atoms with van der Waals surface area (Å²) >= 11 is 0. The van der Waals surface area contributed by atoms with Crippen molar-refractivity contribution >= 4 is 27.5 Å². The van der Waals surface area contributed by atoms with Crippen molar-refractivity contribution in [3.05, 3.63) is 132 Å². The highest BCUT2D eigenvalue weighted by Crippen LogP contribution is 2.27. The number of benzene rings is 4. The largest absolute Gasteiger partial charge is 0.354 e. The average molecular weight is 584 g/mol. The molecule has 0 saturated heterocycles. The number of hydrogen-bond donors (Lipinski definition) is 1. The molecule has 218 valence electrons. The van der Waals surface area contributed by atoms with Crippen LogP contribution < -0.4 is 9.62 Å². The Kier molecular flexibility index (Phi) is 10.5. The first kappa shape index (κ1) is 30.5.